The highest BCUT2D eigenvalue weighted by molar-refractivity contribution is 6.56. The van der Waals surface area contributed by atoms with Gasteiger partial charge in [-0.2, -0.15) is 0 Å². The molecule has 0 aromatic heterocycles. The molecule has 0 saturated heterocycles. The summed E-state index contributed by atoms with van der Waals surface area (Å²) in [6, 6.07) is 6.51. The molecule has 1 atom stereocenters. The lowest BCUT2D eigenvalue weighted by Crippen LogP contribution is -2.22. The van der Waals surface area contributed by atoms with Gasteiger partial charge in [0.1, 0.15) is 6.10 Å². The Labute approximate surface area is 164 Å². The molecule has 1 aromatic carbocycles. The highest BCUT2D eigenvalue weighted by Gasteiger charge is 2.31. The minimum Gasteiger partial charge on any atom is -0.469 e. The molecule has 0 spiro atoms. The van der Waals surface area contributed by atoms with E-state index < -0.39 is 0 Å². The largest absolute Gasteiger partial charge is 0.469 e. The van der Waals surface area contributed by atoms with E-state index in [1.54, 1.807) is 0 Å². The summed E-state index contributed by atoms with van der Waals surface area (Å²) in [4.78, 5) is 21.9. The maximum atomic E-state index is 12.3. The van der Waals surface area contributed by atoms with Crippen LogP contribution in [0.4, 0.5) is 0 Å². The van der Waals surface area contributed by atoms with Crippen molar-refractivity contribution in [1.82, 2.24) is 0 Å². The Kier molecular flexibility index (Phi) is 7.52. The van der Waals surface area contributed by atoms with Gasteiger partial charge < -0.3 is 9.47 Å². The van der Waals surface area contributed by atoms with Gasteiger partial charge in [-0.1, -0.05) is 63.1 Å². The molecule has 1 aromatic rings. The lowest BCUT2D eigenvalue weighted by Gasteiger charge is -2.24. The smallest absolute Gasteiger partial charge is 0.309 e. The number of carbonyl (C=O) groups excluding carboxylic acids is 2. The van der Waals surface area contributed by atoms with E-state index in [9.17, 15) is 9.59 Å². The maximum absolute atomic E-state index is 12.3. The summed E-state index contributed by atoms with van der Waals surface area (Å²) in [5, 5.41) is 0. The van der Waals surface area contributed by atoms with Gasteiger partial charge in [0.05, 0.1) is 13.0 Å². The average Bonchev–Trinajstić information content (AvgIpc) is 2.97. The molecule has 1 radical (unpaired) electrons. The lowest BCUT2D eigenvalue weighted by atomic mass is 9.69. The highest BCUT2D eigenvalue weighted by atomic mass is 16.5. The Bertz CT molecular complexity index is 662. The second-order valence-corrected chi connectivity index (χ2v) is 8.25. The molecule has 1 aliphatic carbocycles. The molecule has 5 heteroatoms. The number of esters is 2. The molecule has 1 fully saturated rings. The topological polar surface area (TPSA) is 52.6 Å². The highest BCUT2D eigenvalue weighted by Crippen LogP contribution is 2.33. The number of carbonyl (C=O) groups is 2. The van der Waals surface area contributed by atoms with Gasteiger partial charge in [-0.3, -0.25) is 9.59 Å². The van der Waals surface area contributed by atoms with Gasteiger partial charge in [0.25, 0.3) is 0 Å². The second-order valence-electron chi connectivity index (χ2n) is 8.25. The molecule has 0 N–H and O–H groups in total. The van der Waals surface area contributed by atoms with Gasteiger partial charge >= 0.3 is 11.9 Å². The standard InChI is InChI=1S/C19H26BO2.C3H6O2/c1-13(22-18(21)14-7-5-4-6-8-14)15-9-10-17-16(11-15)19(2,3)12-20-17;1-3(4)5-2/h9-11,13-14H,4-8,12H2,1-3H3;1-2H3. The van der Waals surface area contributed by atoms with E-state index in [1.165, 1.54) is 31.5 Å². The van der Waals surface area contributed by atoms with Crippen molar-refractivity contribution in [3.05, 3.63) is 29.3 Å². The third-order valence-electron chi connectivity index (χ3n) is 5.63. The van der Waals surface area contributed by atoms with Crippen LogP contribution in [-0.4, -0.2) is 26.3 Å². The van der Waals surface area contributed by atoms with Crippen molar-refractivity contribution < 1.29 is 19.1 Å². The fraction of sp³-hybridized carbons (Fsp3) is 0.636. The van der Waals surface area contributed by atoms with Gasteiger partial charge in [-0.25, -0.2) is 0 Å². The monoisotopic (exact) mass is 371 g/mol. The van der Waals surface area contributed by atoms with Crippen LogP contribution < -0.4 is 5.46 Å². The number of rotatable bonds is 3. The number of hydrogen-bond acceptors (Lipinski definition) is 4. The van der Waals surface area contributed by atoms with E-state index in [0.29, 0.717) is 0 Å². The molecule has 4 nitrogen and oxygen atoms in total. The number of benzene rings is 1. The van der Waals surface area contributed by atoms with E-state index in [4.69, 9.17) is 4.74 Å². The normalized spacial score (nSPS) is 19.0. The minimum atomic E-state index is -0.245. The molecule has 0 bridgehead atoms. The van der Waals surface area contributed by atoms with Crippen molar-refractivity contribution in [2.24, 2.45) is 5.92 Å². The molecular weight excluding hydrogens is 339 g/mol. The van der Waals surface area contributed by atoms with Crippen molar-refractivity contribution >= 4 is 24.7 Å². The van der Waals surface area contributed by atoms with Crippen LogP contribution in [0.25, 0.3) is 0 Å². The summed E-state index contributed by atoms with van der Waals surface area (Å²) in [6.07, 6.45) is 6.51. The zero-order valence-electron chi connectivity index (χ0n) is 17.3. The predicted octanol–water partition coefficient (Wildman–Crippen LogP) is 4.09. The Balaban J connectivity index is 0.000000465. The van der Waals surface area contributed by atoms with E-state index >= 15 is 0 Å². The quantitative estimate of drug-likeness (QED) is 0.593. The van der Waals surface area contributed by atoms with E-state index in [0.717, 1.165) is 37.6 Å². The first-order valence-electron chi connectivity index (χ1n) is 9.97. The third kappa shape index (κ3) is 5.85. The van der Waals surface area contributed by atoms with Gasteiger partial charge in [0, 0.05) is 6.92 Å². The summed E-state index contributed by atoms with van der Waals surface area (Å²) in [5.74, 6) is -0.126. The molecule has 1 unspecified atom stereocenters. The van der Waals surface area contributed by atoms with Crippen molar-refractivity contribution in [1.29, 1.82) is 0 Å². The van der Waals surface area contributed by atoms with E-state index in [1.807, 2.05) is 6.92 Å². The van der Waals surface area contributed by atoms with Crippen molar-refractivity contribution in [3.63, 3.8) is 0 Å². The van der Waals surface area contributed by atoms with Gasteiger partial charge in [-0.15, -0.1) is 0 Å². The van der Waals surface area contributed by atoms with Crippen LogP contribution in [0, 0.1) is 5.92 Å². The summed E-state index contributed by atoms with van der Waals surface area (Å²) >= 11 is 0. The average molecular weight is 371 g/mol. The van der Waals surface area contributed by atoms with E-state index in [-0.39, 0.29) is 29.4 Å². The van der Waals surface area contributed by atoms with Crippen molar-refractivity contribution in [2.75, 3.05) is 7.11 Å². The Morgan fingerprint density at radius 3 is 2.41 bits per heavy atom. The minimum absolute atomic E-state index is 0.00137. The number of ether oxygens (including phenoxy) is 2. The Morgan fingerprint density at radius 1 is 1.19 bits per heavy atom. The third-order valence-corrected chi connectivity index (χ3v) is 5.63. The van der Waals surface area contributed by atoms with Crippen LogP contribution in [-0.2, 0) is 24.5 Å². The van der Waals surface area contributed by atoms with E-state index in [2.05, 4.69) is 44.1 Å². The summed E-state index contributed by atoms with van der Waals surface area (Å²) in [5.41, 5.74) is 4.02. The van der Waals surface area contributed by atoms with Crippen LogP contribution in [0.15, 0.2) is 18.2 Å². The second kappa shape index (κ2) is 9.43. The number of methoxy groups -OCH3 is 1. The zero-order valence-corrected chi connectivity index (χ0v) is 17.3. The van der Waals surface area contributed by atoms with Crippen LogP contribution >= 0.6 is 0 Å². The molecule has 1 saturated carbocycles. The summed E-state index contributed by atoms with van der Waals surface area (Å²) < 4.78 is 9.87. The Morgan fingerprint density at radius 2 is 1.81 bits per heavy atom. The summed E-state index contributed by atoms with van der Waals surface area (Å²) in [7, 11) is 3.65. The fourth-order valence-corrected chi connectivity index (χ4v) is 3.74. The first-order chi connectivity index (χ1) is 12.7. The predicted molar refractivity (Wildman–Crippen MR) is 108 cm³/mol. The van der Waals surface area contributed by atoms with Crippen LogP contribution in [0.3, 0.4) is 0 Å². The summed E-state index contributed by atoms with van der Waals surface area (Å²) in [6.45, 7) is 7.91. The Hall–Kier alpha value is -1.78. The van der Waals surface area contributed by atoms with Crippen LogP contribution in [0.5, 0.6) is 0 Å². The van der Waals surface area contributed by atoms with Gasteiger partial charge in [0.15, 0.2) is 7.28 Å². The number of hydrogen-bond donors (Lipinski definition) is 0. The van der Waals surface area contributed by atoms with Crippen LogP contribution in [0.2, 0.25) is 6.32 Å². The SMILES string of the molecule is CC(OC(=O)C1CCCCC1)c1ccc2c(c1)C(C)(C)C[B]2.COC(C)=O. The molecule has 0 amide bonds. The molecule has 1 aliphatic heterocycles. The fourth-order valence-electron chi connectivity index (χ4n) is 3.74. The molecule has 2 aliphatic rings. The van der Waals surface area contributed by atoms with Crippen LogP contribution in [0.1, 0.15) is 77.0 Å². The first kappa shape index (κ1) is 21.5. The molecular formula is C22H32BO4. The zero-order chi connectivity index (χ0) is 20.0. The lowest BCUT2D eigenvalue weighted by molar-refractivity contribution is -0.154. The van der Waals surface area contributed by atoms with Gasteiger partial charge in [-0.05, 0) is 36.3 Å². The molecule has 147 valence electrons. The number of fused-ring (bicyclic) bond motifs is 1. The van der Waals surface area contributed by atoms with Crippen molar-refractivity contribution in [2.45, 2.75) is 77.6 Å². The molecule has 1 heterocycles. The van der Waals surface area contributed by atoms with Crippen molar-refractivity contribution in [3.8, 4) is 0 Å². The van der Waals surface area contributed by atoms with Gasteiger partial charge in [0.2, 0.25) is 0 Å². The molecule has 27 heavy (non-hydrogen) atoms. The first-order valence-corrected chi connectivity index (χ1v) is 9.97. The molecule has 3 rings (SSSR count). The maximum Gasteiger partial charge on any atom is 0.309 e.